The Morgan fingerprint density at radius 3 is 2.54 bits per heavy atom. The van der Waals surface area contributed by atoms with Crippen LogP contribution in [-0.2, 0) is 16.6 Å². The lowest BCUT2D eigenvalue weighted by Crippen LogP contribution is -2.60. The molecular weight excluding hydrogens is 923 g/mol. The number of aromatic amines is 1. The highest BCUT2D eigenvalue weighted by atomic mass is 32.2. The third-order valence-corrected chi connectivity index (χ3v) is 17.0. The summed E-state index contributed by atoms with van der Waals surface area (Å²) < 4.78 is 41.3. The van der Waals surface area contributed by atoms with Gasteiger partial charge in [-0.1, -0.05) is 43.3 Å². The predicted octanol–water partition coefficient (Wildman–Crippen LogP) is 9.15. The van der Waals surface area contributed by atoms with Crippen LogP contribution in [0.2, 0.25) is 0 Å². The number of nitrogens with zero attached hydrogens (tertiary/aromatic N) is 6. The second-order valence-corrected chi connectivity index (χ2v) is 22.6. The van der Waals surface area contributed by atoms with Crippen LogP contribution in [0.15, 0.2) is 107 Å². The van der Waals surface area contributed by atoms with Crippen molar-refractivity contribution in [2.45, 2.75) is 107 Å². The Balaban J connectivity index is 0.834. The second-order valence-electron chi connectivity index (χ2n) is 20.9. The largest absolute Gasteiger partial charge is 0.455 e. The predicted molar refractivity (Wildman–Crippen MR) is 270 cm³/mol. The smallest absolute Gasteiger partial charge is 0.293 e. The Labute approximate surface area is 414 Å². The monoisotopic (exact) mass is 985 g/mol. The zero-order valence-corrected chi connectivity index (χ0v) is 41.4. The molecule has 6 aromatic rings. The van der Waals surface area contributed by atoms with Crippen LogP contribution in [0.25, 0.3) is 11.0 Å². The van der Waals surface area contributed by atoms with Gasteiger partial charge in [0.1, 0.15) is 29.1 Å². The topological polar surface area (TPSA) is 212 Å². The number of amides is 1. The maximum Gasteiger partial charge on any atom is 0.293 e. The third-order valence-electron chi connectivity index (χ3n) is 15.6. The quantitative estimate of drug-likeness (QED) is 0.0558. The zero-order chi connectivity index (χ0) is 49.5. The molecule has 0 radical (unpaired) electrons. The van der Waals surface area contributed by atoms with Gasteiger partial charge in [0.05, 0.1) is 33.4 Å². The molecule has 374 valence electrons. The van der Waals surface area contributed by atoms with E-state index in [2.05, 4.69) is 78.0 Å². The number of nitro groups is 1. The summed E-state index contributed by atoms with van der Waals surface area (Å²) >= 11 is 0. The highest BCUT2D eigenvalue weighted by molar-refractivity contribution is 7.90. The molecule has 1 unspecified atom stereocenters. The first-order valence-electron chi connectivity index (χ1n) is 24.9. The van der Waals surface area contributed by atoms with E-state index in [4.69, 9.17) is 9.26 Å². The van der Waals surface area contributed by atoms with Crippen LogP contribution in [0, 0.1) is 21.4 Å². The minimum atomic E-state index is -4.59. The van der Waals surface area contributed by atoms with E-state index in [9.17, 15) is 28.4 Å². The number of ether oxygens (including phenoxy) is 1. The molecule has 17 nitrogen and oxygen atoms in total. The van der Waals surface area contributed by atoms with Crippen molar-refractivity contribution < 1.29 is 32.5 Å². The first-order chi connectivity index (χ1) is 34.1. The van der Waals surface area contributed by atoms with Crippen LogP contribution < -0.4 is 19.7 Å². The van der Waals surface area contributed by atoms with E-state index in [1.54, 1.807) is 30.7 Å². The van der Waals surface area contributed by atoms with Gasteiger partial charge in [0, 0.05) is 92.9 Å². The van der Waals surface area contributed by atoms with E-state index in [-0.39, 0.29) is 34.4 Å². The molecule has 1 amide bonds. The van der Waals surface area contributed by atoms with Gasteiger partial charge >= 0.3 is 0 Å². The van der Waals surface area contributed by atoms with Crippen molar-refractivity contribution >= 4 is 44.0 Å². The van der Waals surface area contributed by atoms with E-state index >= 15 is 0 Å². The molecule has 71 heavy (non-hydrogen) atoms. The van der Waals surface area contributed by atoms with Crippen molar-refractivity contribution in [3.8, 4) is 11.5 Å². The maximum atomic E-state index is 14.1. The SMILES string of the molecule is CC(C)c1ccccc1C1CN(Cc2cnoc2)CCN1C1CC2(CCN(c3ccc(C(=O)NS(=O)(=O)c4ccc(NCC5CCC(C)(O)CC5)c([N+](=O)[O-])c4)c(Oc4cnc5[nH]ccc5c4)c3)CC2)C1. The van der Waals surface area contributed by atoms with Crippen molar-refractivity contribution in [2.75, 3.05) is 49.5 Å². The molecule has 1 atom stereocenters. The number of aromatic nitrogens is 3. The Kier molecular flexibility index (Phi) is 13.4. The molecule has 10 rings (SSSR count). The van der Waals surface area contributed by atoms with Gasteiger partial charge in [0.15, 0.2) is 0 Å². The van der Waals surface area contributed by atoms with Crippen molar-refractivity contribution in [1.29, 1.82) is 0 Å². The molecule has 2 saturated carbocycles. The number of anilines is 2. The fourth-order valence-corrected chi connectivity index (χ4v) is 12.5. The molecule has 4 N–H and O–H groups in total. The molecular formula is C53H63N9O8S. The van der Waals surface area contributed by atoms with Crippen LogP contribution in [0.5, 0.6) is 11.5 Å². The number of nitrogens with one attached hydrogen (secondary N) is 3. The summed E-state index contributed by atoms with van der Waals surface area (Å²) in [7, 11) is -4.59. The Bertz CT molecular complexity index is 2990. The Morgan fingerprint density at radius 1 is 1.00 bits per heavy atom. The number of hydrogen-bond acceptors (Lipinski definition) is 14. The van der Waals surface area contributed by atoms with Gasteiger partial charge in [-0.2, -0.15) is 0 Å². The lowest BCUT2D eigenvalue weighted by molar-refractivity contribution is -0.384. The summed E-state index contributed by atoms with van der Waals surface area (Å²) in [5.74, 6) is 0.158. The van der Waals surface area contributed by atoms with Gasteiger partial charge in [0.25, 0.3) is 21.6 Å². The maximum absolute atomic E-state index is 14.1. The lowest BCUT2D eigenvalue weighted by Gasteiger charge is -2.58. The Hall–Kier alpha value is -6.34. The molecule has 2 aliphatic heterocycles. The first kappa shape index (κ1) is 48.3. The second kappa shape index (κ2) is 19.7. The molecule has 18 heteroatoms. The van der Waals surface area contributed by atoms with E-state index in [1.807, 2.05) is 25.3 Å². The van der Waals surface area contributed by atoms with Gasteiger partial charge < -0.3 is 29.6 Å². The summed E-state index contributed by atoms with van der Waals surface area (Å²) in [4.78, 5) is 40.3. The molecule has 3 aromatic carbocycles. The molecule has 3 aromatic heterocycles. The molecule has 1 spiro atoms. The first-order valence-corrected chi connectivity index (χ1v) is 26.4. The van der Waals surface area contributed by atoms with Crippen LogP contribution in [0.3, 0.4) is 0 Å². The average molecular weight is 986 g/mol. The van der Waals surface area contributed by atoms with E-state index in [0.717, 1.165) is 100 Å². The fraction of sp³-hybridized carbons (Fsp3) is 0.453. The summed E-state index contributed by atoms with van der Waals surface area (Å²) in [5, 5.41) is 30.4. The van der Waals surface area contributed by atoms with Gasteiger partial charge in [-0.3, -0.25) is 24.7 Å². The number of carbonyl (C=O) groups excluding carboxylic acids is 1. The number of benzene rings is 3. The number of piperazine rings is 1. The van der Waals surface area contributed by atoms with Crippen LogP contribution in [0.4, 0.5) is 17.1 Å². The normalized spacial score (nSPS) is 22.1. The number of nitro benzene ring substituents is 1. The zero-order valence-electron chi connectivity index (χ0n) is 40.6. The molecule has 2 aliphatic carbocycles. The van der Waals surface area contributed by atoms with E-state index in [0.29, 0.717) is 42.7 Å². The molecule has 5 heterocycles. The number of carbonyl (C=O) groups is 1. The number of aliphatic hydroxyl groups is 1. The van der Waals surface area contributed by atoms with Crippen molar-refractivity contribution in [3.63, 3.8) is 0 Å². The summed E-state index contributed by atoms with van der Waals surface area (Å²) in [6.45, 7) is 12.1. The number of sulfonamides is 1. The number of hydrogen-bond donors (Lipinski definition) is 4. The third kappa shape index (κ3) is 10.5. The molecule has 2 saturated heterocycles. The highest BCUT2D eigenvalue weighted by Gasteiger charge is 2.50. The minimum Gasteiger partial charge on any atom is -0.455 e. The fourth-order valence-electron chi connectivity index (χ4n) is 11.5. The van der Waals surface area contributed by atoms with Gasteiger partial charge in [0.2, 0.25) is 0 Å². The van der Waals surface area contributed by atoms with Gasteiger partial charge in [-0.25, -0.2) is 18.1 Å². The summed E-state index contributed by atoms with van der Waals surface area (Å²) in [5.41, 5.74) is 4.64. The van der Waals surface area contributed by atoms with Crippen molar-refractivity contribution in [2.24, 2.45) is 11.3 Å². The molecule has 4 aliphatic rings. The van der Waals surface area contributed by atoms with Crippen molar-refractivity contribution in [1.82, 2.24) is 29.6 Å². The standard InChI is InChI=1S/C53H63N9O8S/c1-35(2)43-6-4-5-7-44(43)48-33-59(32-37-30-57-69-34-37)22-23-61(48)40-27-53(28-40)17-20-60(21-18-53)39-8-10-45(49(25-39)70-41-24-38-14-19-54-50(38)56-31-41)51(63)58-71(67,68)42-9-11-46(47(26-42)62(65)66)55-29-36-12-15-52(3,64)16-13-36/h4-11,14,19,24-26,30-31,34-36,40,48,55,64H,12-13,15-18,20-23,27-29,32-33H2,1-3H3,(H,54,56)(H,58,63). The van der Waals surface area contributed by atoms with Gasteiger partial charge in [-0.15, -0.1) is 0 Å². The number of fused-ring (bicyclic) bond motifs is 1. The Morgan fingerprint density at radius 2 is 1.79 bits per heavy atom. The average Bonchev–Trinajstić information content (AvgIpc) is 4.05. The number of pyridine rings is 1. The summed E-state index contributed by atoms with van der Waals surface area (Å²) in [6.07, 6.45) is 13.9. The van der Waals surface area contributed by atoms with E-state index in [1.165, 1.54) is 29.5 Å². The lowest BCUT2D eigenvalue weighted by atomic mass is 9.59. The van der Waals surface area contributed by atoms with Crippen LogP contribution >= 0.6 is 0 Å². The number of rotatable bonds is 15. The van der Waals surface area contributed by atoms with Gasteiger partial charge in [-0.05, 0) is 123 Å². The minimum absolute atomic E-state index is 0.0313. The van der Waals surface area contributed by atoms with Crippen LogP contribution in [0.1, 0.15) is 111 Å². The molecule has 4 fully saturated rings. The van der Waals surface area contributed by atoms with Crippen molar-refractivity contribution in [3.05, 3.63) is 130 Å². The number of H-pyrrole nitrogens is 1. The molecule has 0 bridgehead atoms. The summed E-state index contributed by atoms with van der Waals surface area (Å²) in [6, 6.07) is 22.1. The van der Waals surface area contributed by atoms with E-state index < -0.39 is 37.0 Å². The van der Waals surface area contributed by atoms with Crippen LogP contribution in [-0.4, -0.2) is 100 Å². The number of piperidine rings is 1. The highest BCUT2D eigenvalue weighted by Crippen LogP contribution is 2.53.